The van der Waals surface area contributed by atoms with Crippen LogP contribution in [0.25, 0.3) is 0 Å². The first kappa shape index (κ1) is 17.1. The summed E-state index contributed by atoms with van der Waals surface area (Å²) in [6.07, 6.45) is 4.39. The monoisotopic (exact) mass is 340 g/mol. The molecule has 7 heteroatoms. The molecule has 0 aliphatic carbocycles. The number of nitrogens with one attached hydrogen (secondary N) is 1. The Kier molecular flexibility index (Phi) is 5.42. The Morgan fingerprint density at radius 1 is 1.16 bits per heavy atom. The van der Waals surface area contributed by atoms with Crippen LogP contribution in [0.4, 0.5) is 11.8 Å². The van der Waals surface area contributed by atoms with Gasteiger partial charge in [-0.15, -0.1) is 0 Å². The van der Waals surface area contributed by atoms with Crippen molar-refractivity contribution in [1.29, 1.82) is 0 Å². The Morgan fingerprint density at radius 3 is 2.64 bits per heavy atom. The molecule has 1 unspecified atom stereocenters. The smallest absolute Gasteiger partial charge is 0.272 e. The Bertz CT molecular complexity index is 700. The molecule has 7 nitrogen and oxygen atoms in total. The van der Waals surface area contributed by atoms with E-state index in [4.69, 9.17) is 0 Å². The van der Waals surface area contributed by atoms with Gasteiger partial charge in [0.15, 0.2) is 0 Å². The van der Waals surface area contributed by atoms with Gasteiger partial charge in [0.25, 0.3) is 5.91 Å². The van der Waals surface area contributed by atoms with Crippen LogP contribution < -0.4 is 10.2 Å². The van der Waals surface area contributed by atoms with Crippen molar-refractivity contribution in [2.24, 2.45) is 0 Å². The maximum absolute atomic E-state index is 12.7. The van der Waals surface area contributed by atoms with E-state index in [2.05, 4.69) is 39.0 Å². The van der Waals surface area contributed by atoms with Gasteiger partial charge >= 0.3 is 0 Å². The predicted molar refractivity (Wildman–Crippen MR) is 97.8 cm³/mol. The van der Waals surface area contributed by atoms with E-state index in [-0.39, 0.29) is 11.9 Å². The van der Waals surface area contributed by atoms with Gasteiger partial charge in [0, 0.05) is 44.6 Å². The Hall–Kier alpha value is -2.70. The molecule has 3 heterocycles. The Labute approximate surface area is 148 Å². The number of rotatable bonds is 5. The van der Waals surface area contributed by atoms with Gasteiger partial charge in [-0.25, -0.2) is 15.0 Å². The molecular formula is C18H24N6O. The predicted octanol–water partition coefficient (Wildman–Crippen LogP) is 2.04. The van der Waals surface area contributed by atoms with Crippen LogP contribution >= 0.6 is 0 Å². The van der Waals surface area contributed by atoms with Gasteiger partial charge in [0.1, 0.15) is 11.5 Å². The van der Waals surface area contributed by atoms with Crippen molar-refractivity contribution in [3.8, 4) is 0 Å². The fraction of sp³-hybridized carbons (Fsp3) is 0.444. The van der Waals surface area contributed by atoms with Crippen LogP contribution in [-0.4, -0.2) is 58.0 Å². The molecule has 0 aromatic carbocycles. The maximum atomic E-state index is 12.7. The SMILES string of the molecule is CCC(C)Nc1nccc(C(=O)N2CCN(c3ccccn3)CC2)n1. The zero-order chi connectivity index (χ0) is 17.6. The number of hydrogen-bond acceptors (Lipinski definition) is 6. The summed E-state index contributed by atoms with van der Waals surface area (Å²) in [7, 11) is 0. The number of carbonyl (C=O) groups excluding carboxylic acids is 1. The van der Waals surface area contributed by atoms with Gasteiger partial charge in [-0.05, 0) is 31.5 Å². The van der Waals surface area contributed by atoms with Gasteiger partial charge in [-0.3, -0.25) is 4.79 Å². The molecule has 0 radical (unpaired) electrons. The first-order valence-corrected chi connectivity index (χ1v) is 8.72. The first-order valence-electron chi connectivity index (χ1n) is 8.72. The molecule has 1 saturated heterocycles. The Balaban J connectivity index is 1.62. The second-order valence-corrected chi connectivity index (χ2v) is 6.19. The van der Waals surface area contributed by atoms with Crippen LogP contribution in [0.15, 0.2) is 36.7 Å². The van der Waals surface area contributed by atoms with Crippen molar-refractivity contribution in [3.05, 3.63) is 42.4 Å². The third-order valence-electron chi connectivity index (χ3n) is 4.40. The number of carbonyl (C=O) groups is 1. The third kappa shape index (κ3) is 4.23. The van der Waals surface area contributed by atoms with E-state index in [1.165, 1.54) is 0 Å². The van der Waals surface area contributed by atoms with Gasteiger partial charge in [-0.2, -0.15) is 0 Å². The van der Waals surface area contributed by atoms with Crippen LogP contribution in [0.5, 0.6) is 0 Å². The lowest BCUT2D eigenvalue weighted by Crippen LogP contribution is -2.49. The third-order valence-corrected chi connectivity index (χ3v) is 4.40. The average Bonchev–Trinajstić information content (AvgIpc) is 2.68. The second-order valence-electron chi connectivity index (χ2n) is 6.19. The molecule has 1 atom stereocenters. The molecule has 1 aliphatic rings. The van der Waals surface area contributed by atoms with Gasteiger partial charge in [-0.1, -0.05) is 13.0 Å². The normalized spacial score (nSPS) is 15.8. The molecule has 2 aromatic heterocycles. The van der Waals surface area contributed by atoms with Gasteiger partial charge < -0.3 is 15.1 Å². The molecule has 1 N–H and O–H groups in total. The summed E-state index contributed by atoms with van der Waals surface area (Å²) < 4.78 is 0. The van der Waals surface area contributed by atoms with Crippen LogP contribution in [0.3, 0.4) is 0 Å². The summed E-state index contributed by atoms with van der Waals surface area (Å²) in [6, 6.07) is 7.83. The lowest BCUT2D eigenvalue weighted by Gasteiger charge is -2.35. The number of anilines is 2. The molecule has 3 rings (SSSR count). The summed E-state index contributed by atoms with van der Waals surface area (Å²) >= 11 is 0. The van der Waals surface area contributed by atoms with E-state index < -0.39 is 0 Å². The number of nitrogens with zero attached hydrogens (tertiary/aromatic N) is 5. The number of pyridine rings is 1. The summed E-state index contributed by atoms with van der Waals surface area (Å²) in [4.78, 5) is 29.7. The summed E-state index contributed by atoms with van der Waals surface area (Å²) in [5.74, 6) is 1.42. The fourth-order valence-electron chi connectivity index (χ4n) is 2.71. The highest BCUT2D eigenvalue weighted by atomic mass is 16.2. The number of piperazine rings is 1. The minimum atomic E-state index is -0.0460. The summed E-state index contributed by atoms with van der Waals surface area (Å²) in [5, 5.41) is 3.21. The molecule has 0 saturated carbocycles. The average molecular weight is 340 g/mol. The van der Waals surface area contributed by atoms with E-state index >= 15 is 0 Å². The minimum absolute atomic E-state index is 0.0460. The zero-order valence-electron chi connectivity index (χ0n) is 14.7. The topological polar surface area (TPSA) is 74.2 Å². The standard InChI is InChI=1S/C18H24N6O/c1-3-14(2)21-18-20-9-7-15(22-18)17(25)24-12-10-23(11-13-24)16-6-4-5-8-19-16/h4-9,14H,3,10-13H2,1-2H3,(H,20,21,22). The molecule has 25 heavy (non-hydrogen) atoms. The fourth-order valence-corrected chi connectivity index (χ4v) is 2.71. The maximum Gasteiger partial charge on any atom is 0.272 e. The van der Waals surface area contributed by atoms with Crippen LogP contribution in [-0.2, 0) is 0 Å². The van der Waals surface area contributed by atoms with E-state index in [1.807, 2.05) is 23.1 Å². The molecule has 132 valence electrons. The lowest BCUT2D eigenvalue weighted by molar-refractivity contribution is 0.0740. The zero-order valence-corrected chi connectivity index (χ0v) is 14.7. The molecule has 0 spiro atoms. The van der Waals surface area contributed by atoms with Crippen LogP contribution in [0.1, 0.15) is 30.8 Å². The molecule has 1 aliphatic heterocycles. The van der Waals surface area contributed by atoms with Crippen molar-refractivity contribution >= 4 is 17.7 Å². The second kappa shape index (κ2) is 7.92. The highest BCUT2D eigenvalue weighted by molar-refractivity contribution is 5.92. The Morgan fingerprint density at radius 2 is 1.96 bits per heavy atom. The van der Waals surface area contributed by atoms with Crippen molar-refractivity contribution in [3.63, 3.8) is 0 Å². The van der Waals surface area contributed by atoms with Crippen LogP contribution in [0, 0.1) is 0 Å². The van der Waals surface area contributed by atoms with Crippen molar-refractivity contribution < 1.29 is 4.79 Å². The minimum Gasteiger partial charge on any atom is -0.353 e. The first-order chi connectivity index (χ1) is 12.2. The van der Waals surface area contributed by atoms with E-state index in [9.17, 15) is 4.79 Å². The van der Waals surface area contributed by atoms with Crippen molar-refractivity contribution in [2.45, 2.75) is 26.3 Å². The molecular weight excluding hydrogens is 316 g/mol. The molecule has 0 bridgehead atoms. The van der Waals surface area contributed by atoms with Gasteiger partial charge in [0.2, 0.25) is 5.95 Å². The van der Waals surface area contributed by atoms with Crippen LogP contribution in [0.2, 0.25) is 0 Å². The van der Waals surface area contributed by atoms with E-state index in [0.29, 0.717) is 24.7 Å². The van der Waals surface area contributed by atoms with E-state index in [1.54, 1.807) is 18.5 Å². The van der Waals surface area contributed by atoms with Crippen molar-refractivity contribution in [2.75, 3.05) is 36.4 Å². The quantitative estimate of drug-likeness (QED) is 0.898. The highest BCUT2D eigenvalue weighted by Gasteiger charge is 2.23. The number of amides is 1. The molecule has 1 fully saturated rings. The summed E-state index contributed by atoms with van der Waals surface area (Å²) in [5.41, 5.74) is 0.437. The lowest BCUT2D eigenvalue weighted by atomic mass is 10.2. The number of hydrogen-bond donors (Lipinski definition) is 1. The summed E-state index contributed by atoms with van der Waals surface area (Å²) in [6.45, 7) is 7.02. The number of aromatic nitrogens is 3. The van der Waals surface area contributed by atoms with Gasteiger partial charge in [0.05, 0.1) is 0 Å². The highest BCUT2D eigenvalue weighted by Crippen LogP contribution is 2.14. The molecule has 2 aromatic rings. The molecule has 1 amide bonds. The van der Waals surface area contributed by atoms with Crippen molar-refractivity contribution in [1.82, 2.24) is 19.9 Å². The van der Waals surface area contributed by atoms with E-state index in [0.717, 1.165) is 25.3 Å². The largest absolute Gasteiger partial charge is 0.353 e.